The molecule has 0 fully saturated rings. The summed E-state index contributed by atoms with van der Waals surface area (Å²) in [5, 5.41) is 12.3. The van der Waals surface area contributed by atoms with Gasteiger partial charge in [-0.15, -0.1) is 0 Å². The highest BCUT2D eigenvalue weighted by molar-refractivity contribution is 6.33. The zero-order chi connectivity index (χ0) is 19.7. The molecule has 142 valence electrons. The van der Waals surface area contributed by atoms with E-state index in [1.54, 1.807) is 12.1 Å². The Balaban J connectivity index is 1.74. The summed E-state index contributed by atoms with van der Waals surface area (Å²) < 4.78 is 3.67. The van der Waals surface area contributed by atoms with Crippen LogP contribution in [0.2, 0.25) is 5.02 Å². The van der Waals surface area contributed by atoms with E-state index in [0.29, 0.717) is 17.1 Å². The van der Waals surface area contributed by atoms with Crippen LogP contribution in [-0.2, 0) is 13.5 Å². The zero-order valence-electron chi connectivity index (χ0n) is 16.3. The first-order chi connectivity index (χ1) is 12.8. The second kappa shape index (κ2) is 7.56. The molecule has 2 aromatic heterocycles. The van der Waals surface area contributed by atoms with Crippen molar-refractivity contribution < 1.29 is 4.79 Å². The Kier molecular flexibility index (Phi) is 5.37. The number of carbonyl (C=O) groups excluding carboxylic acids is 1. The van der Waals surface area contributed by atoms with Crippen molar-refractivity contribution in [1.29, 1.82) is 0 Å². The molecule has 0 aliphatic rings. The van der Waals surface area contributed by atoms with E-state index >= 15 is 0 Å². The number of nitrogens with one attached hydrogen (secondary N) is 1. The molecule has 7 heteroatoms. The maximum absolute atomic E-state index is 12.7. The Labute approximate surface area is 164 Å². The molecule has 1 amide bonds. The standard InChI is InChI=1S/C20H24ClN5O/c1-12-10-13(2)26(23-12)16-6-7-19(21)18(11-16)20(27)22-9-8-17-14(3)24-25(5)15(17)4/h6-7,10-11H,8-9H2,1-5H3,(H,22,27). The van der Waals surface area contributed by atoms with Gasteiger partial charge in [-0.05, 0) is 63.9 Å². The highest BCUT2D eigenvalue weighted by Crippen LogP contribution is 2.21. The second-order valence-electron chi connectivity index (χ2n) is 6.78. The normalized spacial score (nSPS) is 11.0. The maximum atomic E-state index is 12.7. The number of carbonyl (C=O) groups is 1. The molecule has 0 aliphatic heterocycles. The van der Waals surface area contributed by atoms with Crippen LogP contribution >= 0.6 is 11.6 Å². The molecular weight excluding hydrogens is 362 g/mol. The van der Waals surface area contributed by atoms with Crippen molar-refractivity contribution in [2.75, 3.05) is 6.54 Å². The first-order valence-corrected chi connectivity index (χ1v) is 9.26. The topological polar surface area (TPSA) is 64.7 Å². The van der Waals surface area contributed by atoms with Crippen molar-refractivity contribution in [2.45, 2.75) is 34.1 Å². The minimum absolute atomic E-state index is 0.192. The number of benzene rings is 1. The van der Waals surface area contributed by atoms with Crippen LogP contribution in [0.3, 0.4) is 0 Å². The number of halogens is 1. The predicted octanol–water partition coefficient (Wildman–Crippen LogP) is 3.47. The summed E-state index contributed by atoms with van der Waals surface area (Å²) in [5.41, 5.74) is 6.47. The van der Waals surface area contributed by atoms with Gasteiger partial charge in [0, 0.05) is 25.0 Å². The van der Waals surface area contributed by atoms with Gasteiger partial charge in [0.2, 0.25) is 0 Å². The van der Waals surface area contributed by atoms with Crippen LogP contribution < -0.4 is 5.32 Å². The summed E-state index contributed by atoms with van der Waals surface area (Å²) in [4.78, 5) is 12.7. The quantitative estimate of drug-likeness (QED) is 0.731. The highest BCUT2D eigenvalue weighted by atomic mass is 35.5. The fraction of sp³-hybridized carbons (Fsp3) is 0.350. The van der Waals surface area contributed by atoms with Gasteiger partial charge in [0.25, 0.3) is 5.91 Å². The van der Waals surface area contributed by atoms with Crippen LogP contribution in [0.15, 0.2) is 24.3 Å². The van der Waals surface area contributed by atoms with Crippen LogP contribution in [0, 0.1) is 27.7 Å². The molecule has 27 heavy (non-hydrogen) atoms. The van der Waals surface area contributed by atoms with E-state index < -0.39 is 0 Å². The first-order valence-electron chi connectivity index (χ1n) is 8.88. The van der Waals surface area contributed by atoms with Gasteiger partial charge in [-0.25, -0.2) is 4.68 Å². The molecular formula is C20H24ClN5O. The average molecular weight is 386 g/mol. The van der Waals surface area contributed by atoms with Crippen LogP contribution in [0.5, 0.6) is 0 Å². The summed E-state index contributed by atoms with van der Waals surface area (Å²) in [6, 6.07) is 7.36. The summed E-state index contributed by atoms with van der Waals surface area (Å²) in [5.74, 6) is -0.192. The maximum Gasteiger partial charge on any atom is 0.252 e. The molecule has 0 saturated carbocycles. The van der Waals surface area contributed by atoms with Gasteiger partial charge in [0.05, 0.1) is 27.7 Å². The van der Waals surface area contributed by atoms with Crippen molar-refractivity contribution >= 4 is 17.5 Å². The molecule has 0 saturated heterocycles. The Morgan fingerprint density at radius 3 is 2.48 bits per heavy atom. The molecule has 1 aromatic carbocycles. The summed E-state index contributed by atoms with van der Waals surface area (Å²) in [6.07, 6.45) is 0.728. The fourth-order valence-corrected chi connectivity index (χ4v) is 3.49. The number of rotatable bonds is 5. The second-order valence-corrected chi connectivity index (χ2v) is 7.19. The Morgan fingerprint density at radius 2 is 1.89 bits per heavy atom. The number of amides is 1. The molecule has 3 aromatic rings. The van der Waals surface area contributed by atoms with E-state index in [9.17, 15) is 4.79 Å². The van der Waals surface area contributed by atoms with E-state index in [-0.39, 0.29) is 5.91 Å². The monoisotopic (exact) mass is 385 g/mol. The van der Waals surface area contributed by atoms with E-state index in [4.69, 9.17) is 11.6 Å². The smallest absolute Gasteiger partial charge is 0.252 e. The third-order valence-electron chi connectivity index (χ3n) is 4.77. The Bertz CT molecular complexity index is 1000. The first kappa shape index (κ1) is 19.2. The lowest BCUT2D eigenvalue weighted by Crippen LogP contribution is -2.26. The minimum atomic E-state index is -0.192. The van der Waals surface area contributed by atoms with Crippen molar-refractivity contribution in [2.24, 2.45) is 7.05 Å². The van der Waals surface area contributed by atoms with E-state index in [2.05, 4.69) is 15.5 Å². The molecule has 3 rings (SSSR count). The fourth-order valence-electron chi connectivity index (χ4n) is 3.28. The van der Waals surface area contributed by atoms with Gasteiger partial charge in [0.15, 0.2) is 0 Å². The van der Waals surface area contributed by atoms with Crippen LogP contribution in [0.25, 0.3) is 5.69 Å². The summed E-state index contributed by atoms with van der Waals surface area (Å²) in [7, 11) is 1.93. The van der Waals surface area contributed by atoms with E-state index in [1.165, 1.54) is 5.56 Å². The molecule has 0 spiro atoms. The van der Waals surface area contributed by atoms with Gasteiger partial charge >= 0.3 is 0 Å². The minimum Gasteiger partial charge on any atom is -0.352 e. The molecule has 1 N–H and O–H groups in total. The van der Waals surface area contributed by atoms with E-state index in [0.717, 1.165) is 34.9 Å². The van der Waals surface area contributed by atoms with E-state index in [1.807, 2.05) is 56.2 Å². The molecule has 0 unspecified atom stereocenters. The van der Waals surface area contributed by atoms with Gasteiger partial charge < -0.3 is 5.32 Å². The number of hydrogen-bond acceptors (Lipinski definition) is 3. The molecule has 0 atom stereocenters. The van der Waals surface area contributed by atoms with Gasteiger partial charge in [-0.1, -0.05) is 11.6 Å². The largest absolute Gasteiger partial charge is 0.352 e. The number of aryl methyl sites for hydroxylation is 4. The van der Waals surface area contributed by atoms with Crippen LogP contribution in [0.1, 0.15) is 38.7 Å². The average Bonchev–Trinajstić information content (AvgIpc) is 3.07. The number of aromatic nitrogens is 4. The number of hydrogen-bond donors (Lipinski definition) is 1. The number of nitrogens with zero attached hydrogens (tertiary/aromatic N) is 4. The van der Waals surface area contributed by atoms with Crippen molar-refractivity contribution in [3.63, 3.8) is 0 Å². The molecule has 0 aliphatic carbocycles. The third kappa shape index (κ3) is 3.90. The predicted molar refractivity (Wildman–Crippen MR) is 107 cm³/mol. The molecule has 2 heterocycles. The van der Waals surface area contributed by atoms with Crippen molar-refractivity contribution in [3.8, 4) is 5.69 Å². The van der Waals surface area contributed by atoms with Crippen molar-refractivity contribution in [3.05, 3.63) is 63.2 Å². The zero-order valence-corrected chi connectivity index (χ0v) is 17.1. The van der Waals surface area contributed by atoms with Gasteiger partial charge in [-0.3, -0.25) is 9.48 Å². The van der Waals surface area contributed by atoms with Gasteiger partial charge in [0.1, 0.15) is 0 Å². The van der Waals surface area contributed by atoms with Crippen LogP contribution in [-0.4, -0.2) is 32.0 Å². The molecule has 0 bridgehead atoms. The highest BCUT2D eigenvalue weighted by Gasteiger charge is 2.14. The lowest BCUT2D eigenvalue weighted by Gasteiger charge is -2.10. The lowest BCUT2D eigenvalue weighted by atomic mass is 10.1. The third-order valence-corrected chi connectivity index (χ3v) is 5.10. The summed E-state index contributed by atoms with van der Waals surface area (Å²) in [6.45, 7) is 8.46. The summed E-state index contributed by atoms with van der Waals surface area (Å²) >= 11 is 6.27. The Morgan fingerprint density at radius 1 is 1.15 bits per heavy atom. The van der Waals surface area contributed by atoms with Crippen LogP contribution in [0.4, 0.5) is 0 Å². The SMILES string of the molecule is Cc1cc(C)n(-c2ccc(Cl)c(C(=O)NCCc3c(C)nn(C)c3C)c2)n1. The van der Waals surface area contributed by atoms with Gasteiger partial charge in [-0.2, -0.15) is 10.2 Å². The van der Waals surface area contributed by atoms with Crippen molar-refractivity contribution in [1.82, 2.24) is 24.9 Å². The molecule has 0 radical (unpaired) electrons. The Hall–Kier alpha value is -2.60. The molecule has 6 nitrogen and oxygen atoms in total. The lowest BCUT2D eigenvalue weighted by molar-refractivity contribution is 0.0954.